The molecule has 4 heteroatoms. The molecule has 0 unspecified atom stereocenters. The van der Waals surface area contributed by atoms with Crippen LogP contribution in [0.2, 0.25) is 5.02 Å². The summed E-state index contributed by atoms with van der Waals surface area (Å²) in [5.41, 5.74) is 5.91. The molecule has 1 aromatic heterocycles. The number of fused-ring (bicyclic) bond motifs is 1. The Bertz CT molecular complexity index is 1160. The quantitative estimate of drug-likeness (QED) is 0.275. The summed E-state index contributed by atoms with van der Waals surface area (Å²) in [6.07, 6.45) is 1.70. The van der Waals surface area contributed by atoms with E-state index in [1.165, 1.54) is 22.2 Å². The van der Waals surface area contributed by atoms with Gasteiger partial charge < -0.3 is 9.30 Å². The summed E-state index contributed by atoms with van der Waals surface area (Å²) in [5, 5.41) is 0.756. The van der Waals surface area contributed by atoms with Crippen LogP contribution in [-0.2, 0) is 13.0 Å². The Balaban J connectivity index is 1.49. The lowest BCUT2D eigenvalue weighted by molar-refractivity contribution is 0.298. The van der Waals surface area contributed by atoms with Crippen molar-refractivity contribution in [2.24, 2.45) is 0 Å². The highest BCUT2D eigenvalue weighted by atomic mass is 35.5. The number of aryl methyl sites for hydroxylation is 2. The molecule has 160 valence electrons. The van der Waals surface area contributed by atoms with Crippen LogP contribution in [0.25, 0.3) is 11.0 Å². The van der Waals surface area contributed by atoms with Gasteiger partial charge in [0.2, 0.25) is 0 Å². The molecule has 0 atom stereocenters. The summed E-state index contributed by atoms with van der Waals surface area (Å²) < 4.78 is 8.54. The Hall–Kier alpha value is -2.78. The van der Waals surface area contributed by atoms with Crippen LogP contribution >= 0.6 is 11.6 Å². The predicted molar refractivity (Wildman–Crippen MR) is 129 cm³/mol. The van der Waals surface area contributed by atoms with Gasteiger partial charge in [-0.25, -0.2) is 4.98 Å². The van der Waals surface area contributed by atoms with Gasteiger partial charge in [0.05, 0.1) is 17.6 Å². The van der Waals surface area contributed by atoms with Crippen LogP contribution in [0.4, 0.5) is 0 Å². The van der Waals surface area contributed by atoms with Crippen LogP contribution < -0.4 is 4.74 Å². The number of ether oxygens (including phenoxy) is 1. The molecule has 4 aromatic rings. The SMILES string of the molecule is Cc1ccc(C(C)C)c(OCCCn2c(Cc3ccc(Cl)cc3)nc3ccccc32)c1. The number of hydrogen-bond acceptors (Lipinski definition) is 2. The van der Waals surface area contributed by atoms with E-state index < -0.39 is 0 Å². The van der Waals surface area contributed by atoms with Gasteiger partial charge in [0.1, 0.15) is 11.6 Å². The zero-order valence-electron chi connectivity index (χ0n) is 18.4. The van der Waals surface area contributed by atoms with Crippen LogP contribution in [-0.4, -0.2) is 16.2 Å². The van der Waals surface area contributed by atoms with Crippen molar-refractivity contribution < 1.29 is 4.74 Å². The lowest BCUT2D eigenvalue weighted by Crippen LogP contribution is -2.09. The van der Waals surface area contributed by atoms with E-state index in [4.69, 9.17) is 21.3 Å². The molecule has 0 bridgehead atoms. The Kier molecular flexibility index (Phi) is 6.62. The number of benzene rings is 3. The second-order valence-corrected chi connectivity index (χ2v) is 8.81. The monoisotopic (exact) mass is 432 g/mol. The predicted octanol–water partition coefficient (Wildman–Crippen LogP) is 7.18. The molecule has 0 saturated heterocycles. The lowest BCUT2D eigenvalue weighted by Gasteiger charge is -2.15. The van der Waals surface area contributed by atoms with Gasteiger partial charge in [0, 0.05) is 18.0 Å². The van der Waals surface area contributed by atoms with Crippen LogP contribution in [0.5, 0.6) is 5.75 Å². The zero-order chi connectivity index (χ0) is 21.8. The smallest absolute Gasteiger partial charge is 0.123 e. The van der Waals surface area contributed by atoms with Crippen molar-refractivity contribution >= 4 is 22.6 Å². The zero-order valence-corrected chi connectivity index (χ0v) is 19.2. The third kappa shape index (κ3) is 5.11. The fourth-order valence-corrected chi connectivity index (χ4v) is 4.07. The minimum absolute atomic E-state index is 0.444. The van der Waals surface area contributed by atoms with Crippen LogP contribution in [0.15, 0.2) is 66.7 Å². The van der Waals surface area contributed by atoms with E-state index in [2.05, 4.69) is 73.9 Å². The first kappa shape index (κ1) is 21.5. The first-order valence-corrected chi connectivity index (χ1v) is 11.3. The maximum atomic E-state index is 6.21. The van der Waals surface area contributed by atoms with Crippen LogP contribution in [0.3, 0.4) is 0 Å². The summed E-state index contributed by atoms with van der Waals surface area (Å²) in [6.45, 7) is 8.07. The number of nitrogens with zero attached hydrogens (tertiary/aromatic N) is 2. The van der Waals surface area contributed by atoms with E-state index >= 15 is 0 Å². The molecule has 31 heavy (non-hydrogen) atoms. The first-order chi connectivity index (χ1) is 15.0. The minimum atomic E-state index is 0.444. The second kappa shape index (κ2) is 9.57. The average molecular weight is 433 g/mol. The van der Waals surface area contributed by atoms with E-state index in [9.17, 15) is 0 Å². The molecular formula is C27H29ClN2O. The highest BCUT2D eigenvalue weighted by Crippen LogP contribution is 2.28. The van der Waals surface area contributed by atoms with E-state index in [1.807, 2.05) is 18.2 Å². The van der Waals surface area contributed by atoms with Gasteiger partial charge in [0.25, 0.3) is 0 Å². The molecular weight excluding hydrogens is 404 g/mol. The summed E-state index contributed by atoms with van der Waals surface area (Å²) in [6, 6.07) is 22.8. The van der Waals surface area contributed by atoms with Crippen LogP contribution in [0.1, 0.15) is 48.7 Å². The molecule has 0 aliphatic heterocycles. The van der Waals surface area contributed by atoms with E-state index in [0.29, 0.717) is 12.5 Å². The number of hydrogen-bond donors (Lipinski definition) is 0. The molecule has 3 aromatic carbocycles. The van der Waals surface area contributed by atoms with Crippen molar-refractivity contribution in [3.8, 4) is 5.75 Å². The van der Waals surface area contributed by atoms with Gasteiger partial charge in [-0.15, -0.1) is 0 Å². The molecule has 0 spiro atoms. The molecule has 0 fully saturated rings. The van der Waals surface area contributed by atoms with E-state index in [0.717, 1.165) is 41.5 Å². The van der Waals surface area contributed by atoms with Crippen molar-refractivity contribution in [1.82, 2.24) is 9.55 Å². The largest absolute Gasteiger partial charge is 0.493 e. The van der Waals surface area contributed by atoms with Crippen molar-refractivity contribution in [3.63, 3.8) is 0 Å². The summed E-state index contributed by atoms with van der Waals surface area (Å²) in [4.78, 5) is 4.91. The third-order valence-corrected chi connectivity index (χ3v) is 5.84. The molecule has 0 aliphatic rings. The lowest BCUT2D eigenvalue weighted by atomic mass is 10.0. The normalized spacial score (nSPS) is 11.4. The van der Waals surface area contributed by atoms with E-state index in [-0.39, 0.29) is 0 Å². The van der Waals surface area contributed by atoms with Gasteiger partial charge in [-0.1, -0.05) is 61.8 Å². The third-order valence-electron chi connectivity index (χ3n) is 5.58. The molecule has 0 saturated carbocycles. The maximum Gasteiger partial charge on any atom is 0.123 e. The standard InChI is InChI=1S/C27H29ClN2O/c1-19(2)23-14-9-20(3)17-26(23)31-16-6-15-30-25-8-5-4-7-24(25)29-27(30)18-21-10-12-22(28)13-11-21/h4-5,7-14,17,19H,6,15-16,18H2,1-3H3. The molecule has 1 heterocycles. The summed E-state index contributed by atoms with van der Waals surface area (Å²) in [7, 11) is 0. The Morgan fingerprint density at radius 2 is 1.77 bits per heavy atom. The highest BCUT2D eigenvalue weighted by Gasteiger charge is 2.12. The second-order valence-electron chi connectivity index (χ2n) is 8.37. The minimum Gasteiger partial charge on any atom is -0.493 e. The van der Waals surface area contributed by atoms with Crippen molar-refractivity contribution in [1.29, 1.82) is 0 Å². The number of imidazole rings is 1. The molecule has 0 amide bonds. The van der Waals surface area contributed by atoms with Crippen molar-refractivity contribution in [2.75, 3.05) is 6.61 Å². The number of aromatic nitrogens is 2. The number of rotatable bonds is 8. The van der Waals surface area contributed by atoms with Crippen molar-refractivity contribution in [2.45, 2.75) is 46.1 Å². The first-order valence-electron chi connectivity index (χ1n) is 10.9. The molecule has 0 aliphatic carbocycles. The van der Waals surface area contributed by atoms with Crippen LogP contribution in [0, 0.1) is 6.92 Å². The average Bonchev–Trinajstić information content (AvgIpc) is 3.09. The summed E-state index contributed by atoms with van der Waals surface area (Å²) in [5.74, 6) is 2.52. The van der Waals surface area contributed by atoms with Gasteiger partial charge in [-0.2, -0.15) is 0 Å². The number of halogens is 1. The molecule has 3 nitrogen and oxygen atoms in total. The fraction of sp³-hybridized carbons (Fsp3) is 0.296. The van der Waals surface area contributed by atoms with Crippen molar-refractivity contribution in [3.05, 3.63) is 94.3 Å². The fourth-order valence-electron chi connectivity index (χ4n) is 3.94. The Labute approximate surface area is 189 Å². The summed E-state index contributed by atoms with van der Waals surface area (Å²) >= 11 is 6.05. The Morgan fingerprint density at radius 3 is 2.55 bits per heavy atom. The maximum absolute atomic E-state index is 6.21. The topological polar surface area (TPSA) is 27.1 Å². The molecule has 0 radical (unpaired) electrons. The highest BCUT2D eigenvalue weighted by molar-refractivity contribution is 6.30. The molecule has 4 rings (SSSR count). The van der Waals surface area contributed by atoms with Gasteiger partial charge in [-0.3, -0.25) is 0 Å². The van der Waals surface area contributed by atoms with Gasteiger partial charge in [-0.05, 0) is 66.3 Å². The Morgan fingerprint density at radius 1 is 1.00 bits per heavy atom. The van der Waals surface area contributed by atoms with E-state index in [1.54, 1.807) is 0 Å². The van der Waals surface area contributed by atoms with Gasteiger partial charge in [0.15, 0.2) is 0 Å². The molecule has 0 N–H and O–H groups in total. The van der Waals surface area contributed by atoms with Gasteiger partial charge >= 0.3 is 0 Å². The number of para-hydroxylation sites is 2.